The first-order valence-corrected chi connectivity index (χ1v) is 29.9. The van der Waals surface area contributed by atoms with E-state index in [2.05, 4.69) is 57.4 Å². The van der Waals surface area contributed by atoms with Crippen LogP contribution in [0.1, 0.15) is 135 Å². The number of rotatable bonds is 42. The van der Waals surface area contributed by atoms with Crippen molar-refractivity contribution in [2.45, 2.75) is 164 Å². The maximum atomic E-state index is 13.4. The third-order valence-electron chi connectivity index (χ3n) is 13.8. The van der Waals surface area contributed by atoms with Gasteiger partial charge in [0.25, 0.3) is 10.1 Å². The maximum Gasteiger partial charge on any atom is 0.294 e. The maximum absolute atomic E-state index is 13.4. The number of nitrogens with two attached hydrogens (primary N) is 7. The van der Waals surface area contributed by atoms with Gasteiger partial charge in [-0.15, -0.1) is 0 Å². The summed E-state index contributed by atoms with van der Waals surface area (Å²) in [5, 5.41) is 20.4. The molecule has 0 aromatic heterocycles. The summed E-state index contributed by atoms with van der Waals surface area (Å²) >= 11 is 0. The molecule has 0 fully saturated rings. The molecule has 1 aliphatic rings. The third kappa shape index (κ3) is 26.7. The zero-order valence-corrected chi connectivity index (χ0v) is 49.5. The third-order valence-corrected chi connectivity index (χ3v) is 14.6. The average molecular weight is 1210 g/mol. The minimum absolute atomic E-state index is 0.0221. The van der Waals surface area contributed by atoms with Crippen LogP contribution in [0.2, 0.25) is 0 Å². The fraction of sp³-hybridized carbons (Fsp3) is 0.642. The lowest BCUT2D eigenvalue weighted by Crippen LogP contribution is -2.54. The van der Waals surface area contributed by atoms with Crippen molar-refractivity contribution in [3.05, 3.63) is 35.5 Å². The molecule has 1 aromatic rings. The Morgan fingerprint density at radius 1 is 0.595 bits per heavy atom. The zero-order chi connectivity index (χ0) is 62.8. The van der Waals surface area contributed by atoms with Gasteiger partial charge in [-0.05, 0) is 148 Å². The molecule has 472 valence electrons. The number of carbonyl (C=O) groups is 9. The quantitative estimate of drug-likeness (QED) is 0.0134. The molecule has 30 nitrogen and oxygen atoms in total. The number of hydrogen-bond donors (Lipinski definition) is 16. The van der Waals surface area contributed by atoms with Crippen LogP contribution in [0.3, 0.4) is 0 Å². The number of likely N-dealkylation sites (N-methyl/N-ethyl adjacent to an activating group) is 1. The predicted molar refractivity (Wildman–Crippen MR) is 317 cm³/mol. The van der Waals surface area contributed by atoms with Crippen molar-refractivity contribution in [1.29, 1.82) is 0 Å². The number of hydrogen-bond acceptors (Lipinski definition) is 16. The van der Waals surface area contributed by atoms with Gasteiger partial charge in [-0.2, -0.15) is 8.42 Å². The van der Waals surface area contributed by atoms with Gasteiger partial charge < -0.3 is 87.6 Å². The van der Waals surface area contributed by atoms with E-state index in [0.717, 1.165) is 29.8 Å². The van der Waals surface area contributed by atoms with Crippen molar-refractivity contribution in [1.82, 2.24) is 42.5 Å². The number of aliphatic imine (C=N–C) groups is 2. The molecule has 0 saturated heterocycles. The molecule has 0 aliphatic carbocycles. The van der Waals surface area contributed by atoms with E-state index in [1.54, 1.807) is 6.07 Å². The average Bonchev–Trinajstić information content (AvgIpc) is 1.87. The summed E-state index contributed by atoms with van der Waals surface area (Å²) in [6.45, 7) is 5.92. The van der Waals surface area contributed by atoms with E-state index < -0.39 is 101 Å². The largest absolute Gasteiger partial charge is 0.370 e. The molecule has 9 amide bonds. The Hall–Kier alpha value is -7.64. The first-order valence-electron chi connectivity index (χ1n) is 28.4. The molecule has 1 heterocycles. The SMILES string of the molecule is CC=C1N(CC)c2ccc(S(=O)(=O)O)cc2C1(C)CCCC(=O)NCCCCC(NC(=O)CNC(=O)C(CCCN=C(N)N)NC(=O)CNC(=O)C(CCCN)NC(=O)CNC(=O)C(CCCCN=C(N)N)NC(=O)CCCCCN)C(N)=O. The summed E-state index contributed by atoms with van der Waals surface area (Å²) in [7, 11) is -4.44. The summed E-state index contributed by atoms with van der Waals surface area (Å²) in [6, 6.07) is -0.0454. The van der Waals surface area contributed by atoms with Crippen LogP contribution in [0.15, 0.2) is 44.9 Å². The Bertz CT molecular complexity index is 2580. The van der Waals surface area contributed by atoms with Crippen molar-refractivity contribution in [2.75, 3.05) is 63.8 Å². The zero-order valence-electron chi connectivity index (χ0n) is 48.7. The minimum atomic E-state index is -4.44. The van der Waals surface area contributed by atoms with Crippen LogP contribution in [0.4, 0.5) is 5.69 Å². The highest BCUT2D eigenvalue weighted by Crippen LogP contribution is 2.51. The van der Waals surface area contributed by atoms with E-state index in [9.17, 15) is 56.1 Å². The minimum Gasteiger partial charge on any atom is -0.370 e. The number of amides is 9. The van der Waals surface area contributed by atoms with E-state index in [1.807, 2.05) is 26.8 Å². The Morgan fingerprint density at radius 2 is 1.07 bits per heavy atom. The van der Waals surface area contributed by atoms with Crippen LogP contribution in [-0.2, 0) is 58.7 Å². The van der Waals surface area contributed by atoms with Crippen molar-refractivity contribution in [2.24, 2.45) is 50.1 Å². The summed E-state index contributed by atoms with van der Waals surface area (Å²) in [6.07, 6.45) is 7.95. The number of anilines is 1. The lowest BCUT2D eigenvalue weighted by Gasteiger charge is -2.30. The molecular weight excluding hydrogens is 1110 g/mol. The molecule has 0 spiro atoms. The molecule has 31 heteroatoms. The van der Waals surface area contributed by atoms with Gasteiger partial charge in [0.1, 0.15) is 24.2 Å². The highest BCUT2D eigenvalue weighted by atomic mass is 32.2. The van der Waals surface area contributed by atoms with Crippen molar-refractivity contribution in [3.63, 3.8) is 0 Å². The highest BCUT2D eigenvalue weighted by molar-refractivity contribution is 7.85. The van der Waals surface area contributed by atoms with Gasteiger partial charge in [-0.1, -0.05) is 12.5 Å². The van der Waals surface area contributed by atoms with Crippen LogP contribution >= 0.6 is 0 Å². The van der Waals surface area contributed by atoms with E-state index in [0.29, 0.717) is 64.6 Å². The van der Waals surface area contributed by atoms with Gasteiger partial charge in [0.2, 0.25) is 53.2 Å². The van der Waals surface area contributed by atoms with Crippen LogP contribution < -0.4 is 87.6 Å². The van der Waals surface area contributed by atoms with Crippen molar-refractivity contribution < 1.29 is 56.1 Å². The summed E-state index contributed by atoms with van der Waals surface area (Å²) in [5.41, 5.74) is 40.4. The molecule has 5 unspecified atom stereocenters. The molecule has 1 aromatic carbocycles. The van der Waals surface area contributed by atoms with Crippen LogP contribution in [0.25, 0.3) is 0 Å². The second-order valence-corrected chi connectivity index (χ2v) is 21.8. The predicted octanol–water partition coefficient (Wildman–Crippen LogP) is -3.08. The Labute approximate surface area is 491 Å². The number of allylic oxidation sites excluding steroid dienone is 2. The number of carbonyl (C=O) groups excluding carboxylic acids is 9. The lowest BCUT2D eigenvalue weighted by molar-refractivity contribution is -0.133. The Balaban J connectivity index is 1.94. The first-order chi connectivity index (χ1) is 39.8. The number of guanidine groups is 2. The van der Waals surface area contributed by atoms with Crippen LogP contribution in [0.5, 0.6) is 0 Å². The summed E-state index contributed by atoms with van der Waals surface area (Å²) in [4.78, 5) is 127. The highest BCUT2D eigenvalue weighted by Gasteiger charge is 2.43. The van der Waals surface area contributed by atoms with Gasteiger partial charge in [0.05, 0.1) is 24.5 Å². The Kier molecular flexibility index (Phi) is 33.0. The smallest absolute Gasteiger partial charge is 0.294 e. The topological polar surface area (TPSA) is 514 Å². The molecule has 2 rings (SSSR count). The van der Waals surface area contributed by atoms with Crippen molar-refractivity contribution >= 4 is 80.9 Å². The lowest BCUT2D eigenvalue weighted by atomic mass is 9.77. The summed E-state index contributed by atoms with van der Waals surface area (Å²) in [5.74, 6) is -6.26. The molecular formula is C53H92N18O12S. The van der Waals surface area contributed by atoms with Gasteiger partial charge in [0, 0.05) is 55.8 Å². The number of primary amides is 1. The number of nitrogens with zero attached hydrogens (tertiary/aromatic N) is 3. The number of nitrogens with one attached hydrogen (secondary N) is 8. The monoisotopic (exact) mass is 1200 g/mol. The fourth-order valence-electron chi connectivity index (χ4n) is 9.46. The van der Waals surface area contributed by atoms with Crippen LogP contribution in [-0.4, -0.2) is 161 Å². The van der Waals surface area contributed by atoms with Crippen molar-refractivity contribution in [3.8, 4) is 0 Å². The Morgan fingerprint density at radius 3 is 1.57 bits per heavy atom. The van der Waals surface area contributed by atoms with Crippen LogP contribution in [0, 0.1) is 0 Å². The fourth-order valence-corrected chi connectivity index (χ4v) is 9.96. The second kappa shape index (κ2) is 38.3. The summed E-state index contributed by atoms with van der Waals surface area (Å²) < 4.78 is 33.7. The second-order valence-electron chi connectivity index (χ2n) is 20.4. The molecule has 84 heavy (non-hydrogen) atoms. The molecule has 23 N–H and O–H groups in total. The van der Waals surface area contributed by atoms with E-state index in [1.165, 1.54) is 12.1 Å². The van der Waals surface area contributed by atoms with Gasteiger partial charge in [-0.25, -0.2) is 0 Å². The number of fused-ring (bicyclic) bond motifs is 1. The number of unbranched alkanes of at least 4 members (excludes halogenated alkanes) is 4. The molecule has 0 radical (unpaired) electrons. The van der Waals surface area contributed by atoms with Gasteiger partial charge in [-0.3, -0.25) is 57.7 Å². The standard InChI is InChI=1S/C53H92N18O12S/c1-4-41-53(3,35-30-34(84(81,82)83)22-23-40(35)71(41)5-2)24-13-21-42(72)61-27-11-8-16-36(47(56)77)67-44(74)31-64-50(80)39(19-15-29-63-52(59)60)70-46(76)33-66-49(79)38(18-14-26-55)69-45(75)32-65-48(78)37(17-9-12-28-62-51(57)58)68-43(73)20-7-6-10-25-54/h4,22-23,30,36-39H,5-21,24-29,31-33,54-55H2,1-3H3,(H2,56,77)(H,61,72)(H,64,80)(H,65,78)(H,66,79)(H,67,74)(H,68,73)(H,69,75)(H,70,76)(H4,57,58,62)(H4,59,60,63)(H,81,82,83). The van der Waals surface area contributed by atoms with Gasteiger partial charge >= 0.3 is 0 Å². The first kappa shape index (κ1) is 72.5. The number of benzene rings is 1. The molecule has 5 atom stereocenters. The van der Waals surface area contributed by atoms with E-state index in [-0.39, 0.29) is 99.6 Å². The van der Waals surface area contributed by atoms with E-state index >= 15 is 0 Å². The van der Waals surface area contributed by atoms with E-state index in [4.69, 9.17) is 40.1 Å². The molecule has 0 saturated carbocycles. The normalized spacial score (nSPS) is 15.5. The van der Waals surface area contributed by atoms with Gasteiger partial charge in [0.15, 0.2) is 11.9 Å². The molecule has 1 aliphatic heterocycles. The molecule has 0 bridgehead atoms.